The highest BCUT2D eigenvalue weighted by Crippen LogP contribution is 2.49. The summed E-state index contributed by atoms with van der Waals surface area (Å²) < 4.78 is 0. The van der Waals surface area contributed by atoms with Crippen molar-refractivity contribution in [3.05, 3.63) is 182 Å². The molecule has 0 saturated carbocycles. The van der Waals surface area contributed by atoms with Gasteiger partial charge in [-0.3, -0.25) is 0 Å². The Bertz CT molecular complexity index is 2070. The summed E-state index contributed by atoms with van der Waals surface area (Å²) in [6.45, 7) is 3.24. The zero-order chi connectivity index (χ0) is 34.7. The number of nitrogens with zero attached hydrogens (tertiary/aromatic N) is 3. The van der Waals surface area contributed by atoms with Gasteiger partial charge in [0.15, 0.2) is 11.6 Å². The Labute approximate surface area is 293 Å². The summed E-state index contributed by atoms with van der Waals surface area (Å²) in [5.41, 5.74) is 21.3. The molecule has 0 fully saturated rings. The molecule has 2 aliphatic rings. The Morgan fingerprint density at radius 1 is 0.660 bits per heavy atom. The first kappa shape index (κ1) is 33.2. The predicted molar refractivity (Wildman–Crippen MR) is 210 cm³/mol. The molecule has 7 heteroatoms. The van der Waals surface area contributed by atoms with E-state index >= 15 is 0 Å². The largest absolute Gasteiger partial charge is 0.393 e. The predicted octanol–water partition coefficient (Wildman–Crippen LogP) is 9.96. The number of para-hydroxylation sites is 2. The average molecular weight is 654 g/mol. The van der Waals surface area contributed by atoms with Crippen LogP contribution in [0, 0.1) is 5.41 Å². The monoisotopic (exact) mass is 653 g/mol. The second kappa shape index (κ2) is 15.9. The molecule has 50 heavy (non-hydrogen) atoms. The number of aromatic nitrogens is 2. The van der Waals surface area contributed by atoms with E-state index in [1.54, 1.807) is 0 Å². The number of anilines is 6. The highest BCUT2D eigenvalue weighted by atomic mass is 15.3. The first-order valence-corrected chi connectivity index (χ1v) is 16.4. The van der Waals surface area contributed by atoms with Crippen LogP contribution in [0.25, 0.3) is 22.3 Å². The summed E-state index contributed by atoms with van der Waals surface area (Å²) in [6.07, 6.45) is 11.1. The van der Waals surface area contributed by atoms with E-state index in [4.69, 9.17) is 16.9 Å². The fraction of sp³-hybridized carbons (Fsp3) is 0.0465. The Balaban J connectivity index is 0.000000224. The second-order valence-corrected chi connectivity index (χ2v) is 11.6. The number of allylic oxidation sites excluding steroid dienone is 3. The Hall–Kier alpha value is -6.73. The molecular weight excluding hydrogens is 615 g/mol. The van der Waals surface area contributed by atoms with Crippen LogP contribution in [0.15, 0.2) is 176 Å². The summed E-state index contributed by atoms with van der Waals surface area (Å²) in [4.78, 5) is 11.2. The molecule has 0 saturated heterocycles. The van der Waals surface area contributed by atoms with Crippen LogP contribution in [-0.2, 0) is 0 Å². The van der Waals surface area contributed by atoms with Crippen LogP contribution in [0.5, 0.6) is 0 Å². The molecule has 1 aliphatic heterocycles. The van der Waals surface area contributed by atoms with Gasteiger partial charge in [0.05, 0.1) is 6.04 Å². The van der Waals surface area contributed by atoms with Gasteiger partial charge in [-0.15, -0.1) is 0 Å². The zero-order valence-electron chi connectivity index (χ0n) is 27.6. The van der Waals surface area contributed by atoms with Crippen molar-refractivity contribution < 1.29 is 0 Å². The molecule has 1 aliphatic carbocycles. The Kier molecular flexibility index (Phi) is 10.6. The maximum Gasteiger partial charge on any atom is 0.224 e. The summed E-state index contributed by atoms with van der Waals surface area (Å²) >= 11 is 0. The summed E-state index contributed by atoms with van der Waals surface area (Å²) in [6, 6.07) is 47.5. The molecule has 2 unspecified atom stereocenters. The zero-order valence-corrected chi connectivity index (χ0v) is 27.6. The molecule has 0 amide bonds. The number of rotatable bonds is 6. The van der Waals surface area contributed by atoms with Crippen LogP contribution < -0.4 is 21.7 Å². The molecule has 6 N–H and O–H groups in total. The molecule has 1 aromatic heterocycles. The van der Waals surface area contributed by atoms with Gasteiger partial charge in [0.1, 0.15) is 5.69 Å². The van der Waals surface area contributed by atoms with Crippen molar-refractivity contribution in [3.63, 3.8) is 0 Å². The van der Waals surface area contributed by atoms with Gasteiger partial charge in [0.2, 0.25) is 5.95 Å². The lowest BCUT2D eigenvalue weighted by molar-refractivity contribution is 0.738. The van der Waals surface area contributed by atoms with Gasteiger partial charge in [0, 0.05) is 29.1 Å². The average Bonchev–Trinajstić information content (AvgIpc) is 3.52. The van der Waals surface area contributed by atoms with Gasteiger partial charge >= 0.3 is 0 Å². The van der Waals surface area contributed by atoms with Crippen molar-refractivity contribution in [2.24, 2.45) is 0 Å². The maximum atomic E-state index is 6.72. The Morgan fingerprint density at radius 3 is 1.84 bits per heavy atom. The van der Waals surface area contributed by atoms with Crippen molar-refractivity contribution in [2.75, 3.05) is 21.7 Å². The van der Waals surface area contributed by atoms with E-state index in [2.05, 4.69) is 136 Å². The molecule has 5 aromatic carbocycles. The minimum atomic E-state index is 0.0726. The van der Waals surface area contributed by atoms with E-state index in [0.717, 1.165) is 28.7 Å². The summed E-state index contributed by atoms with van der Waals surface area (Å²) in [5, 5.41) is 9.63. The lowest BCUT2D eigenvalue weighted by atomic mass is 9.91. The van der Waals surface area contributed by atoms with Crippen LogP contribution in [0.4, 0.5) is 34.6 Å². The standard InChI is InChI=1S/C28H24N6.C12H10.C3H5N/c29-25-26(31-22-15-7-4-12-19(22)18-10-2-1-3-11-18)32-28(30)33-27(25)34-23-16-8-5-13-20(23)21-14-6-9-17-24(21)34;1-3-7-11(8-4-1)12-9-5-2-6-10-12;1-2-3-4/h1-17,20,23H,29H2,(H3,30,31,32,33);1-10H;2-4H,1H2. The molecule has 8 rings (SSSR count). The van der Waals surface area contributed by atoms with Crippen LogP contribution in [-0.4, -0.2) is 22.2 Å². The smallest absolute Gasteiger partial charge is 0.224 e. The molecule has 7 nitrogen and oxygen atoms in total. The third kappa shape index (κ3) is 7.37. The summed E-state index contributed by atoms with van der Waals surface area (Å²) in [7, 11) is 0. The maximum absolute atomic E-state index is 6.72. The van der Waals surface area contributed by atoms with Crippen LogP contribution in [0.3, 0.4) is 0 Å². The quantitative estimate of drug-likeness (QED) is 0.133. The molecule has 2 atom stereocenters. The van der Waals surface area contributed by atoms with Crippen molar-refractivity contribution >= 4 is 40.9 Å². The number of fused-ring (bicyclic) bond motifs is 3. The fourth-order valence-corrected chi connectivity index (χ4v) is 6.14. The molecule has 246 valence electrons. The van der Waals surface area contributed by atoms with Gasteiger partial charge in [0.25, 0.3) is 0 Å². The van der Waals surface area contributed by atoms with Gasteiger partial charge in [-0.05, 0) is 34.4 Å². The fourth-order valence-electron chi connectivity index (χ4n) is 6.14. The van der Waals surface area contributed by atoms with Gasteiger partial charge in [-0.25, -0.2) is 0 Å². The van der Waals surface area contributed by atoms with Crippen molar-refractivity contribution in [3.8, 4) is 22.3 Å². The number of hydrogen-bond donors (Lipinski definition) is 4. The minimum Gasteiger partial charge on any atom is -0.393 e. The van der Waals surface area contributed by atoms with Crippen LogP contribution in [0.1, 0.15) is 11.5 Å². The molecule has 2 heterocycles. The normalized spacial score (nSPS) is 14.9. The molecule has 0 bridgehead atoms. The van der Waals surface area contributed by atoms with E-state index in [1.807, 2.05) is 54.6 Å². The minimum absolute atomic E-state index is 0.0726. The lowest BCUT2D eigenvalue weighted by Gasteiger charge is -2.29. The molecule has 0 radical (unpaired) electrons. The first-order chi connectivity index (χ1) is 24.6. The van der Waals surface area contributed by atoms with Crippen molar-refractivity contribution in [1.29, 1.82) is 5.41 Å². The van der Waals surface area contributed by atoms with Crippen molar-refractivity contribution in [2.45, 2.75) is 12.0 Å². The van der Waals surface area contributed by atoms with Gasteiger partial charge in [-0.2, -0.15) is 9.97 Å². The van der Waals surface area contributed by atoms with Crippen LogP contribution in [0.2, 0.25) is 0 Å². The number of benzene rings is 5. The SMILES string of the molecule is C=CC=N.Nc1nc(Nc2ccccc2-c2ccccc2)c(N)c(N2c3ccccc3C3C=CC=CC32)n1.c1ccc(-c2ccccc2)cc1. The van der Waals surface area contributed by atoms with Crippen LogP contribution >= 0.6 is 0 Å². The number of nitrogens with two attached hydrogens (primary N) is 2. The molecular formula is C43H39N7. The highest BCUT2D eigenvalue weighted by Gasteiger charge is 2.39. The van der Waals surface area contributed by atoms with E-state index in [9.17, 15) is 0 Å². The lowest BCUT2D eigenvalue weighted by Crippen LogP contribution is -2.30. The Morgan fingerprint density at radius 2 is 1.20 bits per heavy atom. The first-order valence-electron chi connectivity index (χ1n) is 16.4. The topological polar surface area (TPSA) is 117 Å². The number of hydrogen-bond acceptors (Lipinski definition) is 7. The van der Waals surface area contributed by atoms with E-state index < -0.39 is 0 Å². The number of nitrogen functional groups attached to an aromatic ring is 2. The molecule has 0 spiro atoms. The summed E-state index contributed by atoms with van der Waals surface area (Å²) in [5.74, 6) is 1.49. The van der Waals surface area contributed by atoms with Crippen molar-refractivity contribution in [1.82, 2.24) is 9.97 Å². The molecule has 6 aromatic rings. The second-order valence-electron chi connectivity index (χ2n) is 11.6. The van der Waals surface area contributed by atoms with E-state index in [1.165, 1.54) is 22.8 Å². The highest BCUT2D eigenvalue weighted by molar-refractivity contribution is 5.89. The van der Waals surface area contributed by atoms with Gasteiger partial charge < -0.3 is 27.1 Å². The third-order valence-corrected chi connectivity index (χ3v) is 8.39. The number of nitrogens with one attached hydrogen (secondary N) is 2. The van der Waals surface area contributed by atoms with E-state index in [-0.39, 0.29) is 17.9 Å². The van der Waals surface area contributed by atoms with E-state index in [0.29, 0.717) is 17.3 Å². The third-order valence-electron chi connectivity index (χ3n) is 8.39. The van der Waals surface area contributed by atoms with Gasteiger partial charge in [-0.1, -0.05) is 164 Å².